The monoisotopic (exact) mass is 187 g/mol. The maximum atomic E-state index is 11.1. The van der Waals surface area contributed by atoms with Gasteiger partial charge in [0, 0.05) is 19.0 Å². The quantitative estimate of drug-likeness (QED) is 0.526. The topological polar surface area (TPSA) is 84.2 Å². The van der Waals surface area contributed by atoms with E-state index in [2.05, 4.69) is 10.6 Å². The number of nitrogens with one attached hydrogen (secondary N) is 2. The zero-order chi connectivity index (χ0) is 10.5. The van der Waals surface area contributed by atoms with E-state index < -0.39 is 5.54 Å². The summed E-state index contributed by atoms with van der Waals surface area (Å²) in [6, 6.07) is 0. The second-order valence-electron chi connectivity index (χ2n) is 3.55. The molecule has 2 amide bonds. The summed E-state index contributed by atoms with van der Waals surface area (Å²) in [4.78, 5) is 21.6. The average Bonchev–Trinajstić information content (AvgIpc) is 2.00. The van der Waals surface area contributed by atoms with Gasteiger partial charge in [0.2, 0.25) is 11.8 Å². The van der Waals surface area contributed by atoms with Crippen molar-refractivity contribution in [1.29, 1.82) is 0 Å². The van der Waals surface area contributed by atoms with Gasteiger partial charge in [0.1, 0.15) is 0 Å². The van der Waals surface area contributed by atoms with Crippen molar-refractivity contribution in [3.8, 4) is 0 Å². The van der Waals surface area contributed by atoms with Gasteiger partial charge in [-0.25, -0.2) is 0 Å². The first-order chi connectivity index (χ1) is 5.87. The molecular formula is C8H17N3O2. The fraction of sp³-hybridized carbons (Fsp3) is 0.750. The Kier molecular flexibility index (Phi) is 4.40. The molecule has 0 aromatic rings. The summed E-state index contributed by atoms with van der Waals surface area (Å²) in [6.45, 7) is 5.36. The highest BCUT2D eigenvalue weighted by molar-refractivity contribution is 5.83. The van der Waals surface area contributed by atoms with Crippen molar-refractivity contribution in [2.45, 2.75) is 26.3 Å². The zero-order valence-electron chi connectivity index (χ0n) is 8.31. The summed E-state index contributed by atoms with van der Waals surface area (Å²) in [5, 5.41) is 5.08. The van der Waals surface area contributed by atoms with E-state index in [1.807, 2.05) is 13.8 Å². The van der Waals surface area contributed by atoms with Crippen LogP contribution in [0.4, 0.5) is 0 Å². The Hall–Kier alpha value is -1.10. The van der Waals surface area contributed by atoms with Crippen LogP contribution in [0.3, 0.4) is 0 Å². The minimum absolute atomic E-state index is 0.00123. The molecule has 0 radical (unpaired) electrons. The van der Waals surface area contributed by atoms with Crippen molar-refractivity contribution in [1.82, 2.24) is 10.6 Å². The summed E-state index contributed by atoms with van der Waals surface area (Å²) < 4.78 is 0. The number of carbonyl (C=O) groups is 2. The highest BCUT2D eigenvalue weighted by Crippen LogP contribution is 1.96. The molecule has 0 saturated heterocycles. The van der Waals surface area contributed by atoms with Crippen LogP contribution in [0, 0.1) is 0 Å². The Bertz CT molecular complexity index is 202. The van der Waals surface area contributed by atoms with E-state index in [0.29, 0.717) is 6.54 Å². The molecule has 0 aliphatic rings. The lowest BCUT2D eigenvalue weighted by Gasteiger charge is -2.24. The predicted molar refractivity (Wildman–Crippen MR) is 50.0 cm³/mol. The van der Waals surface area contributed by atoms with Crippen molar-refractivity contribution in [3.63, 3.8) is 0 Å². The number of hydrogen-bond acceptors (Lipinski definition) is 3. The molecule has 0 rings (SSSR count). The van der Waals surface area contributed by atoms with Crippen LogP contribution >= 0.6 is 0 Å². The highest BCUT2D eigenvalue weighted by Gasteiger charge is 2.17. The van der Waals surface area contributed by atoms with Crippen molar-refractivity contribution >= 4 is 11.8 Å². The molecule has 0 bridgehead atoms. The first-order valence-electron chi connectivity index (χ1n) is 4.13. The van der Waals surface area contributed by atoms with Crippen molar-refractivity contribution in [2.24, 2.45) is 5.73 Å². The van der Waals surface area contributed by atoms with E-state index in [-0.39, 0.29) is 18.4 Å². The minimum atomic E-state index is -0.421. The molecule has 0 heterocycles. The Morgan fingerprint density at radius 1 is 1.38 bits per heavy atom. The van der Waals surface area contributed by atoms with Gasteiger partial charge in [-0.2, -0.15) is 0 Å². The van der Waals surface area contributed by atoms with Crippen LogP contribution in [-0.4, -0.2) is 30.4 Å². The van der Waals surface area contributed by atoms with Crippen molar-refractivity contribution in [3.05, 3.63) is 0 Å². The van der Waals surface area contributed by atoms with Gasteiger partial charge in [0.25, 0.3) is 0 Å². The first kappa shape index (κ1) is 11.9. The van der Waals surface area contributed by atoms with Crippen LogP contribution in [0.15, 0.2) is 0 Å². The van der Waals surface area contributed by atoms with Crippen molar-refractivity contribution < 1.29 is 9.59 Å². The molecule has 4 N–H and O–H groups in total. The normalized spacial score (nSPS) is 10.8. The smallest absolute Gasteiger partial charge is 0.239 e. The largest absolute Gasteiger partial charge is 0.348 e. The van der Waals surface area contributed by atoms with Crippen LogP contribution in [0.1, 0.15) is 20.8 Å². The molecule has 0 aliphatic carbocycles. The molecule has 5 nitrogen and oxygen atoms in total. The van der Waals surface area contributed by atoms with Crippen LogP contribution in [0.5, 0.6) is 0 Å². The Morgan fingerprint density at radius 2 is 1.92 bits per heavy atom. The van der Waals surface area contributed by atoms with Crippen LogP contribution in [0.2, 0.25) is 0 Å². The van der Waals surface area contributed by atoms with Gasteiger partial charge >= 0.3 is 0 Å². The van der Waals surface area contributed by atoms with E-state index in [1.165, 1.54) is 6.92 Å². The summed E-state index contributed by atoms with van der Waals surface area (Å²) in [5.41, 5.74) is 4.99. The van der Waals surface area contributed by atoms with E-state index in [0.717, 1.165) is 0 Å². The zero-order valence-corrected chi connectivity index (χ0v) is 8.31. The van der Waals surface area contributed by atoms with E-state index in [1.54, 1.807) is 0 Å². The summed E-state index contributed by atoms with van der Waals surface area (Å²) in [7, 11) is 0. The van der Waals surface area contributed by atoms with Crippen LogP contribution in [0.25, 0.3) is 0 Å². The standard InChI is InChI=1S/C8H17N3O2/c1-6(12)10-4-7(13)11-8(2,3)5-9/h4-5,9H2,1-3H3,(H,10,12)(H,11,13). The second-order valence-corrected chi connectivity index (χ2v) is 3.55. The lowest BCUT2D eigenvalue weighted by Crippen LogP contribution is -2.51. The molecule has 0 atom stereocenters. The summed E-state index contributed by atoms with van der Waals surface area (Å²) in [5.74, 6) is -0.452. The van der Waals surface area contributed by atoms with Gasteiger partial charge in [-0.1, -0.05) is 0 Å². The number of carbonyl (C=O) groups excluding carboxylic acids is 2. The van der Waals surface area contributed by atoms with Crippen LogP contribution < -0.4 is 16.4 Å². The first-order valence-corrected chi connectivity index (χ1v) is 4.13. The Labute approximate surface area is 78.1 Å². The molecule has 0 fully saturated rings. The Balaban J connectivity index is 3.81. The molecule has 0 spiro atoms. The molecule has 0 unspecified atom stereocenters. The van der Waals surface area contributed by atoms with Gasteiger partial charge in [0.05, 0.1) is 6.54 Å². The number of amides is 2. The molecule has 0 aromatic heterocycles. The minimum Gasteiger partial charge on any atom is -0.348 e. The third-order valence-electron chi connectivity index (χ3n) is 1.49. The van der Waals surface area contributed by atoms with Crippen LogP contribution in [-0.2, 0) is 9.59 Å². The summed E-state index contributed by atoms with van der Waals surface area (Å²) >= 11 is 0. The number of nitrogens with two attached hydrogens (primary N) is 1. The Morgan fingerprint density at radius 3 is 2.31 bits per heavy atom. The molecule has 0 saturated carbocycles. The SMILES string of the molecule is CC(=O)NCC(=O)NC(C)(C)CN. The third-order valence-corrected chi connectivity index (χ3v) is 1.49. The number of rotatable bonds is 4. The van der Waals surface area contributed by atoms with Gasteiger partial charge < -0.3 is 16.4 Å². The number of hydrogen-bond donors (Lipinski definition) is 3. The molecule has 0 aliphatic heterocycles. The van der Waals surface area contributed by atoms with E-state index >= 15 is 0 Å². The van der Waals surface area contributed by atoms with E-state index in [9.17, 15) is 9.59 Å². The lowest BCUT2D eigenvalue weighted by molar-refractivity contribution is -0.125. The second kappa shape index (κ2) is 4.81. The maximum Gasteiger partial charge on any atom is 0.239 e. The lowest BCUT2D eigenvalue weighted by atomic mass is 10.1. The molecular weight excluding hydrogens is 170 g/mol. The molecule has 76 valence electrons. The average molecular weight is 187 g/mol. The van der Waals surface area contributed by atoms with Crippen molar-refractivity contribution in [2.75, 3.05) is 13.1 Å². The fourth-order valence-corrected chi connectivity index (χ4v) is 0.677. The van der Waals surface area contributed by atoms with E-state index in [4.69, 9.17) is 5.73 Å². The fourth-order valence-electron chi connectivity index (χ4n) is 0.677. The maximum absolute atomic E-state index is 11.1. The van der Waals surface area contributed by atoms with Gasteiger partial charge in [-0.15, -0.1) is 0 Å². The van der Waals surface area contributed by atoms with Gasteiger partial charge in [0.15, 0.2) is 0 Å². The molecule has 5 heteroatoms. The van der Waals surface area contributed by atoms with Gasteiger partial charge in [-0.3, -0.25) is 9.59 Å². The third kappa shape index (κ3) is 6.10. The molecule has 0 aromatic carbocycles. The highest BCUT2D eigenvalue weighted by atomic mass is 16.2. The predicted octanol–water partition coefficient (Wildman–Crippen LogP) is -1.02. The summed E-state index contributed by atoms with van der Waals surface area (Å²) in [6.07, 6.45) is 0. The molecule has 13 heavy (non-hydrogen) atoms. The van der Waals surface area contributed by atoms with Gasteiger partial charge in [-0.05, 0) is 13.8 Å².